The summed E-state index contributed by atoms with van der Waals surface area (Å²) in [6.07, 6.45) is 0.694. The summed E-state index contributed by atoms with van der Waals surface area (Å²) in [4.78, 5) is 10.7. The van der Waals surface area contributed by atoms with Gasteiger partial charge in [-0.05, 0) is 17.9 Å². The van der Waals surface area contributed by atoms with E-state index in [-0.39, 0.29) is 18.4 Å². The highest BCUT2D eigenvalue weighted by atomic mass is 35.5. The van der Waals surface area contributed by atoms with Gasteiger partial charge in [0.25, 0.3) is 0 Å². The van der Waals surface area contributed by atoms with Crippen LogP contribution in [0.5, 0.6) is 0 Å². The van der Waals surface area contributed by atoms with Crippen LogP contribution in [0.3, 0.4) is 0 Å². The van der Waals surface area contributed by atoms with E-state index < -0.39 is 5.97 Å². The molecule has 1 fully saturated rings. The lowest BCUT2D eigenvalue weighted by atomic mass is 9.96. The summed E-state index contributed by atoms with van der Waals surface area (Å²) in [5.41, 5.74) is 1.23. The minimum Gasteiger partial charge on any atom is -0.480 e. The molecular formula is C11H14ClNO2. The Bertz CT molecular complexity index is 329. The molecule has 1 aliphatic heterocycles. The molecule has 15 heavy (non-hydrogen) atoms. The molecule has 0 aromatic heterocycles. The number of nitrogens with one attached hydrogen (secondary N) is 1. The Morgan fingerprint density at radius 1 is 1.33 bits per heavy atom. The Morgan fingerprint density at radius 2 is 2.00 bits per heavy atom. The van der Waals surface area contributed by atoms with Gasteiger partial charge in [-0.1, -0.05) is 30.3 Å². The molecule has 0 spiro atoms. The van der Waals surface area contributed by atoms with Crippen molar-refractivity contribution in [2.45, 2.75) is 18.4 Å². The zero-order valence-electron chi connectivity index (χ0n) is 8.22. The first-order chi connectivity index (χ1) is 6.77. The number of aliphatic carboxylic acids is 1. The Hall–Kier alpha value is -1.06. The monoisotopic (exact) mass is 227 g/mol. The molecule has 0 amide bonds. The Morgan fingerprint density at radius 3 is 2.53 bits per heavy atom. The average Bonchev–Trinajstić information content (AvgIpc) is 2.68. The Kier molecular flexibility index (Phi) is 4.12. The maximum Gasteiger partial charge on any atom is 0.320 e. The normalized spacial score (nSPS) is 24.5. The molecule has 4 heteroatoms. The maximum absolute atomic E-state index is 10.7. The first-order valence-corrected chi connectivity index (χ1v) is 4.78. The SMILES string of the molecule is Cl.O=C(O)[C@H]1C[C@@H](c2ccccc2)CN1. The molecule has 2 atom stereocenters. The first-order valence-electron chi connectivity index (χ1n) is 4.78. The van der Waals surface area contributed by atoms with Crippen molar-refractivity contribution in [1.29, 1.82) is 0 Å². The van der Waals surface area contributed by atoms with E-state index in [0.717, 1.165) is 6.54 Å². The van der Waals surface area contributed by atoms with Crippen LogP contribution >= 0.6 is 12.4 Å². The fraction of sp³-hybridized carbons (Fsp3) is 0.364. The van der Waals surface area contributed by atoms with Crippen LogP contribution in [0.4, 0.5) is 0 Å². The molecular weight excluding hydrogens is 214 g/mol. The van der Waals surface area contributed by atoms with Crippen molar-refractivity contribution >= 4 is 18.4 Å². The van der Waals surface area contributed by atoms with Crippen molar-refractivity contribution in [2.24, 2.45) is 0 Å². The summed E-state index contributed by atoms with van der Waals surface area (Å²) in [5.74, 6) is -0.402. The van der Waals surface area contributed by atoms with Gasteiger partial charge in [0.2, 0.25) is 0 Å². The summed E-state index contributed by atoms with van der Waals surface area (Å²) < 4.78 is 0. The van der Waals surface area contributed by atoms with Crippen LogP contribution in [0.1, 0.15) is 17.9 Å². The van der Waals surface area contributed by atoms with Gasteiger partial charge in [0.1, 0.15) is 6.04 Å². The van der Waals surface area contributed by atoms with E-state index in [0.29, 0.717) is 12.3 Å². The summed E-state index contributed by atoms with van der Waals surface area (Å²) >= 11 is 0. The van der Waals surface area contributed by atoms with E-state index in [1.54, 1.807) is 0 Å². The molecule has 2 N–H and O–H groups in total. The minimum absolute atomic E-state index is 0. The number of halogens is 1. The van der Waals surface area contributed by atoms with Crippen molar-refractivity contribution in [3.63, 3.8) is 0 Å². The molecule has 1 aromatic rings. The molecule has 0 radical (unpaired) electrons. The molecule has 0 unspecified atom stereocenters. The fourth-order valence-electron chi connectivity index (χ4n) is 1.90. The molecule has 1 heterocycles. The number of carbonyl (C=O) groups is 1. The second-order valence-electron chi connectivity index (χ2n) is 3.64. The van der Waals surface area contributed by atoms with Crippen LogP contribution in [0.2, 0.25) is 0 Å². The molecule has 1 aromatic carbocycles. The average molecular weight is 228 g/mol. The van der Waals surface area contributed by atoms with Gasteiger partial charge in [-0.3, -0.25) is 4.79 Å². The van der Waals surface area contributed by atoms with Crippen molar-refractivity contribution in [3.05, 3.63) is 35.9 Å². The molecule has 1 saturated heterocycles. The summed E-state index contributed by atoms with van der Waals surface area (Å²) in [7, 11) is 0. The van der Waals surface area contributed by atoms with Gasteiger partial charge in [0, 0.05) is 6.54 Å². The van der Waals surface area contributed by atoms with Gasteiger partial charge in [0.05, 0.1) is 0 Å². The summed E-state index contributed by atoms with van der Waals surface area (Å²) in [5, 5.41) is 11.8. The Labute approximate surface area is 94.9 Å². The van der Waals surface area contributed by atoms with Crippen LogP contribution in [-0.4, -0.2) is 23.7 Å². The molecule has 0 saturated carbocycles. The Balaban J connectivity index is 0.00000112. The van der Waals surface area contributed by atoms with E-state index in [1.807, 2.05) is 18.2 Å². The van der Waals surface area contributed by atoms with E-state index in [4.69, 9.17) is 5.11 Å². The van der Waals surface area contributed by atoms with Gasteiger partial charge < -0.3 is 10.4 Å². The predicted octanol–water partition coefficient (Wildman–Crippen LogP) is 1.64. The van der Waals surface area contributed by atoms with E-state index in [2.05, 4.69) is 17.4 Å². The number of rotatable bonds is 2. The zero-order valence-corrected chi connectivity index (χ0v) is 9.04. The lowest BCUT2D eigenvalue weighted by molar-refractivity contribution is -0.139. The highest BCUT2D eigenvalue weighted by molar-refractivity contribution is 5.85. The highest BCUT2D eigenvalue weighted by Gasteiger charge is 2.29. The number of carboxylic acids is 1. The fourth-order valence-corrected chi connectivity index (χ4v) is 1.90. The third-order valence-electron chi connectivity index (χ3n) is 2.70. The van der Waals surface area contributed by atoms with Gasteiger partial charge in [-0.25, -0.2) is 0 Å². The van der Waals surface area contributed by atoms with Crippen molar-refractivity contribution in [3.8, 4) is 0 Å². The van der Waals surface area contributed by atoms with Crippen LogP contribution in [-0.2, 0) is 4.79 Å². The summed E-state index contributed by atoms with van der Waals surface area (Å²) in [6.45, 7) is 0.765. The van der Waals surface area contributed by atoms with Crippen LogP contribution in [0, 0.1) is 0 Å². The largest absolute Gasteiger partial charge is 0.480 e. The zero-order chi connectivity index (χ0) is 9.97. The van der Waals surface area contributed by atoms with Crippen molar-refractivity contribution in [1.82, 2.24) is 5.32 Å². The first kappa shape index (κ1) is 12.0. The number of benzene rings is 1. The van der Waals surface area contributed by atoms with E-state index in [1.165, 1.54) is 5.56 Å². The van der Waals surface area contributed by atoms with Crippen LogP contribution in [0.15, 0.2) is 30.3 Å². The third-order valence-corrected chi connectivity index (χ3v) is 2.70. The lowest BCUT2D eigenvalue weighted by Gasteiger charge is -2.07. The van der Waals surface area contributed by atoms with E-state index >= 15 is 0 Å². The smallest absolute Gasteiger partial charge is 0.320 e. The van der Waals surface area contributed by atoms with Crippen LogP contribution < -0.4 is 5.32 Å². The van der Waals surface area contributed by atoms with Crippen molar-refractivity contribution < 1.29 is 9.90 Å². The minimum atomic E-state index is -0.747. The maximum atomic E-state index is 10.7. The second-order valence-corrected chi connectivity index (χ2v) is 3.64. The molecule has 3 nitrogen and oxygen atoms in total. The predicted molar refractivity (Wildman–Crippen MR) is 60.5 cm³/mol. The standard InChI is InChI=1S/C11H13NO2.ClH/c13-11(14)10-6-9(7-12-10)8-4-2-1-3-5-8;/h1-5,9-10,12H,6-7H2,(H,13,14);1H/t9-,10-;/m1./s1. The number of carboxylic acid groups (broad SMARTS) is 1. The van der Waals surface area contributed by atoms with Gasteiger partial charge in [0.15, 0.2) is 0 Å². The van der Waals surface area contributed by atoms with Gasteiger partial charge in [-0.2, -0.15) is 0 Å². The molecule has 1 aliphatic rings. The summed E-state index contributed by atoms with van der Waals surface area (Å²) in [6, 6.07) is 9.68. The number of hydrogen-bond donors (Lipinski definition) is 2. The quantitative estimate of drug-likeness (QED) is 0.808. The highest BCUT2D eigenvalue weighted by Crippen LogP contribution is 2.25. The van der Waals surface area contributed by atoms with Gasteiger partial charge in [-0.15, -0.1) is 12.4 Å². The topological polar surface area (TPSA) is 49.3 Å². The lowest BCUT2D eigenvalue weighted by Crippen LogP contribution is -2.29. The second kappa shape index (κ2) is 5.14. The molecule has 82 valence electrons. The van der Waals surface area contributed by atoms with Gasteiger partial charge >= 0.3 is 5.97 Å². The number of hydrogen-bond acceptors (Lipinski definition) is 2. The molecule has 0 aliphatic carbocycles. The van der Waals surface area contributed by atoms with E-state index in [9.17, 15) is 4.79 Å². The third kappa shape index (κ3) is 2.70. The molecule has 0 bridgehead atoms. The van der Waals surface area contributed by atoms with Crippen LogP contribution in [0.25, 0.3) is 0 Å². The molecule has 2 rings (SSSR count). The van der Waals surface area contributed by atoms with Crippen molar-refractivity contribution in [2.75, 3.05) is 6.54 Å².